The number of nitro benzene ring substituents is 1. The topological polar surface area (TPSA) is 128 Å². The highest BCUT2D eigenvalue weighted by molar-refractivity contribution is 6.31. The Kier molecular flexibility index (Phi) is 7.53. The quantitative estimate of drug-likeness (QED) is 0.283. The monoisotopic (exact) mass is 459 g/mol. The van der Waals surface area contributed by atoms with Gasteiger partial charge in [0.05, 0.1) is 17.2 Å². The minimum Gasteiger partial charge on any atom is -0.449 e. The van der Waals surface area contributed by atoms with Gasteiger partial charge in [0, 0.05) is 11.1 Å². The highest BCUT2D eigenvalue weighted by Crippen LogP contribution is 2.24. The molecule has 2 N–H and O–H groups in total. The number of amides is 2. The number of carbonyl (C=O) groups is 3. The van der Waals surface area contributed by atoms with E-state index in [4.69, 9.17) is 16.3 Å². The van der Waals surface area contributed by atoms with Gasteiger partial charge in [0.15, 0.2) is 23.6 Å². The second-order valence-corrected chi connectivity index (χ2v) is 6.39. The van der Waals surface area contributed by atoms with Crippen molar-refractivity contribution in [3.8, 4) is 0 Å². The van der Waals surface area contributed by atoms with E-state index >= 15 is 0 Å². The van der Waals surface area contributed by atoms with Crippen molar-refractivity contribution in [1.29, 1.82) is 0 Å². The van der Waals surface area contributed by atoms with Crippen molar-refractivity contribution in [3.05, 3.63) is 68.5 Å². The molecular weight excluding hydrogens is 447 g/mol. The van der Waals surface area contributed by atoms with Crippen LogP contribution in [-0.4, -0.2) is 35.4 Å². The number of nitro groups is 1. The molecule has 2 rings (SSSR count). The van der Waals surface area contributed by atoms with Crippen LogP contribution in [0.5, 0.6) is 0 Å². The molecule has 31 heavy (non-hydrogen) atoms. The van der Waals surface area contributed by atoms with Crippen molar-refractivity contribution in [2.24, 2.45) is 0 Å². The van der Waals surface area contributed by atoms with E-state index in [1.54, 1.807) is 0 Å². The van der Waals surface area contributed by atoms with Crippen LogP contribution in [0.1, 0.15) is 17.3 Å². The van der Waals surface area contributed by atoms with Crippen LogP contribution in [0.2, 0.25) is 5.02 Å². The number of ether oxygens (including phenoxy) is 1. The Balaban J connectivity index is 1.94. The lowest BCUT2D eigenvalue weighted by molar-refractivity contribution is -0.385. The molecule has 0 aliphatic carbocycles. The van der Waals surface area contributed by atoms with Gasteiger partial charge < -0.3 is 15.4 Å². The van der Waals surface area contributed by atoms with E-state index in [1.165, 1.54) is 6.07 Å². The average molecular weight is 460 g/mol. The molecule has 0 radical (unpaired) electrons. The van der Waals surface area contributed by atoms with Crippen LogP contribution < -0.4 is 10.6 Å². The summed E-state index contributed by atoms with van der Waals surface area (Å²) in [5.74, 6) is -7.96. The molecule has 2 aromatic carbocycles. The summed E-state index contributed by atoms with van der Waals surface area (Å²) in [4.78, 5) is 46.1. The second-order valence-electron chi connectivity index (χ2n) is 5.96. The lowest BCUT2D eigenvalue weighted by Crippen LogP contribution is -2.40. The minimum atomic E-state index is -1.78. The Bertz CT molecular complexity index is 1070. The Labute approximate surface area is 177 Å². The number of hydrogen-bond acceptors (Lipinski definition) is 6. The normalized spacial score (nSPS) is 11.4. The Morgan fingerprint density at radius 3 is 2.48 bits per heavy atom. The van der Waals surface area contributed by atoms with Gasteiger partial charge in [0.1, 0.15) is 5.56 Å². The van der Waals surface area contributed by atoms with Crippen LogP contribution in [0.15, 0.2) is 30.3 Å². The first-order valence-electron chi connectivity index (χ1n) is 8.37. The van der Waals surface area contributed by atoms with Crippen LogP contribution in [0, 0.1) is 27.6 Å². The van der Waals surface area contributed by atoms with Crippen LogP contribution in [0.25, 0.3) is 0 Å². The molecule has 164 valence electrons. The number of hydrogen-bond donors (Lipinski definition) is 2. The maximum Gasteiger partial charge on any atom is 0.345 e. The van der Waals surface area contributed by atoms with Gasteiger partial charge in [-0.1, -0.05) is 11.6 Å². The molecule has 1 atom stereocenters. The van der Waals surface area contributed by atoms with Gasteiger partial charge in [-0.05, 0) is 31.2 Å². The molecule has 13 heteroatoms. The number of rotatable bonds is 7. The standard InChI is InChI=1S/C18H13ClF3N3O6/c1-8(31-18(28)10-3-2-9(19)6-13(10)25(29)30)17(27)23-7-14(26)24-12-5-4-11(20)15(21)16(12)22/h2-6,8H,7H2,1H3,(H,23,27)(H,24,26). The van der Waals surface area contributed by atoms with E-state index in [0.717, 1.165) is 25.1 Å². The van der Waals surface area contributed by atoms with Crippen molar-refractivity contribution in [1.82, 2.24) is 5.32 Å². The van der Waals surface area contributed by atoms with E-state index < -0.39 is 69.7 Å². The molecule has 0 heterocycles. The maximum atomic E-state index is 13.5. The van der Waals surface area contributed by atoms with Crippen LogP contribution >= 0.6 is 11.6 Å². The van der Waals surface area contributed by atoms with Crippen LogP contribution in [0.3, 0.4) is 0 Å². The summed E-state index contributed by atoms with van der Waals surface area (Å²) in [6.07, 6.45) is -1.46. The molecule has 1 unspecified atom stereocenters. The minimum absolute atomic E-state index is 0.0116. The molecule has 0 saturated carbocycles. The summed E-state index contributed by atoms with van der Waals surface area (Å²) in [5.41, 5.74) is -1.72. The maximum absolute atomic E-state index is 13.5. The zero-order chi connectivity index (χ0) is 23.3. The second kappa shape index (κ2) is 9.89. The molecule has 9 nitrogen and oxygen atoms in total. The van der Waals surface area contributed by atoms with E-state index in [9.17, 15) is 37.7 Å². The smallest absolute Gasteiger partial charge is 0.345 e. The number of anilines is 1. The van der Waals surface area contributed by atoms with E-state index in [-0.39, 0.29) is 5.02 Å². The number of nitrogens with one attached hydrogen (secondary N) is 2. The summed E-state index contributed by atoms with van der Waals surface area (Å²) in [6.45, 7) is 0.419. The molecule has 0 aromatic heterocycles. The number of benzene rings is 2. The van der Waals surface area contributed by atoms with Crippen molar-refractivity contribution in [2.75, 3.05) is 11.9 Å². The predicted molar refractivity (Wildman–Crippen MR) is 101 cm³/mol. The lowest BCUT2D eigenvalue weighted by atomic mass is 10.2. The van der Waals surface area contributed by atoms with Gasteiger partial charge in [0.25, 0.3) is 11.6 Å². The number of esters is 1. The predicted octanol–water partition coefficient (Wildman–Crippen LogP) is 2.97. The first-order chi connectivity index (χ1) is 14.5. The lowest BCUT2D eigenvalue weighted by Gasteiger charge is -2.14. The third-order valence-corrected chi connectivity index (χ3v) is 4.00. The fourth-order valence-corrected chi connectivity index (χ4v) is 2.40. The molecule has 2 amide bonds. The average Bonchev–Trinajstić information content (AvgIpc) is 2.72. The summed E-state index contributed by atoms with van der Waals surface area (Å²) >= 11 is 5.66. The molecule has 0 fully saturated rings. The number of halogens is 4. The Morgan fingerprint density at radius 1 is 1.16 bits per heavy atom. The van der Waals surface area contributed by atoms with E-state index in [2.05, 4.69) is 5.32 Å². The highest BCUT2D eigenvalue weighted by Gasteiger charge is 2.26. The fourth-order valence-electron chi connectivity index (χ4n) is 2.23. The van der Waals surface area contributed by atoms with Crippen LogP contribution in [0.4, 0.5) is 24.5 Å². The molecule has 0 aliphatic heterocycles. The summed E-state index contributed by atoms with van der Waals surface area (Å²) in [7, 11) is 0. The largest absolute Gasteiger partial charge is 0.449 e. The first-order valence-corrected chi connectivity index (χ1v) is 8.75. The SMILES string of the molecule is CC(OC(=O)c1ccc(Cl)cc1[N+](=O)[O-])C(=O)NCC(=O)Nc1ccc(F)c(F)c1F. The highest BCUT2D eigenvalue weighted by atomic mass is 35.5. The summed E-state index contributed by atoms with van der Waals surface area (Å²) in [5, 5.41) is 15.1. The van der Waals surface area contributed by atoms with E-state index in [1.807, 2.05) is 5.32 Å². The van der Waals surface area contributed by atoms with Crippen molar-refractivity contribution in [2.45, 2.75) is 13.0 Å². The zero-order valence-electron chi connectivity index (χ0n) is 15.6. The zero-order valence-corrected chi connectivity index (χ0v) is 16.3. The van der Waals surface area contributed by atoms with Gasteiger partial charge in [-0.25, -0.2) is 18.0 Å². The van der Waals surface area contributed by atoms with Crippen molar-refractivity contribution in [3.63, 3.8) is 0 Å². The summed E-state index contributed by atoms with van der Waals surface area (Å²) < 4.78 is 44.4. The van der Waals surface area contributed by atoms with Gasteiger partial charge in [-0.15, -0.1) is 0 Å². The molecule has 0 spiro atoms. The molecule has 2 aromatic rings. The Morgan fingerprint density at radius 2 is 1.84 bits per heavy atom. The van der Waals surface area contributed by atoms with Crippen molar-refractivity contribution >= 4 is 40.8 Å². The first kappa shape index (κ1) is 23.6. The third kappa shape index (κ3) is 5.92. The molecular formula is C18H13ClF3N3O6. The van der Waals surface area contributed by atoms with Crippen LogP contribution in [-0.2, 0) is 14.3 Å². The van der Waals surface area contributed by atoms with Gasteiger partial charge >= 0.3 is 5.97 Å². The van der Waals surface area contributed by atoms with Gasteiger partial charge in [0.2, 0.25) is 5.91 Å². The van der Waals surface area contributed by atoms with Gasteiger partial charge in [-0.2, -0.15) is 0 Å². The van der Waals surface area contributed by atoms with E-state index in [0.29, 0.717) is 6.07 Å². The molecule has 0 bridgehead atoms. The number of carbonyl (C=O) groups excluding carboxylic acids is 3. The number of nitrogens with zero attached hydrogens (tertiary/aromatic N) is 1. The summed E-state index contributed by atoms with van der Waals surface area (Å²) in [6, 6.07) is 4.60. The van der Waals surface area contributed by atoms with Crippen molar-refractivity contribution < 1.29 is 37.2 Å². The fraction of sp³-hybridized carbons (Fsp3) is 0.167. The molecule has 0 aliphatic rings. The molecule has 0 saturated heterocycles. The third-order valence-electron chi connectivity index (χ3n) is 3.76. The van der Waals surface area contributed by atoms with Gasteiger partial charge in [-0.3, -0.25) is 19.7 Å². The Hall–Kier alpha value is -3.67.